The van der Waals surface area contributed by atoms with E-state index in [1.54, 1.807) is 0 Å². The molecular formula is C25H24N6O2S. The number of carbonyl (C=O) groups excluding carboxylic acids is 1. The molecule has 1 amide bonds. The lowest BCUT2D eigenvalue weighted by Gasteiger charge is -2.13. The van der Waals surface area contributed by atoms with E-state index in [-0.39, 0.29) is 17.3 Å². The number of nitriles is 1. The van der Waals surface area contributed by atoms with E-state index in [9.17, 15) is 14.9 Å². The molecule has 0 bridgehead atoms. The first kappa shape index (κ1) is 23.1. The fourth-order valence-electron chi connectivity index (χ4n) is 3.71. The zero-order valence-corrected chi connectivity index (χ0v) is 19.7. The first-order valence-corrected chi connectivity index (χ1v) is 11.7. The van der Waals surface area contributed by atoms with Crippen LogP contribution in [0.25, 0.3) is 0 Å². The molecule has 2 heterocycles. The summed E-state index contributed by atoms with van der Waals surface area (Å²) in [6.07, 6.45) is 0. The van der Waals surface area contributed by atoms with Crippen LogP contribution >= 0.6 is 11.8 Å². The minimum absolute atomic E-state index is 0.0402. The number of amides is 1. The van der Waals surface area contributed by atoms with Crippen LogP contribution in [0.3, 0.4) is 0 Å². The van der Waals surface area contributed by atoms with Crippen LogP contribution in [0.1, 0.15) is 27.9 Å². The van der Waals surface area contributed by atoms with Gasteiger partial charge in [-0.15, -0.1) is 5.10 Å². The molecule has 4 rings (SSSR count). The zero-order valence-electron chi connectivity index (χ0n) is 18.9. The topological polar surface area (TPSA) is 108 Å². The molecule has 2 aromatic heterocycles. The largest absolute Gasteiger partial charge is 0.344 e. The Bertz CT molecular complexity index is 1400. The van der Waals surface area contributed by atoms with Gasteiger partial charge in [0.1, 0.15) is 11.9 Å². The third-order valence-electron chi connectivity index (χ3n) is 5.62. The predicted molar refractivity (Wildman–Crippen MR) is 132 cm³/mol. The molecule has 0 aliphatic carbocycles. The summed E-state index contributed by atoms with van der Waals surface area (Å²) in [5.41, 5.74) is 3.91. The van der Waals surface area contributed by atoms with Gasteiger partial charge in [0.25, 0.3) is 0 Å². The van der Waals surface area contributed by atoms with Crippen molar-refractivity contribution in [1.29, 1.82) is 5.26 Å². The van der Waals surface area contributed by atoms with Crippen LogP contribution in [0.2, 0.25) is 0 Å². The third-order valence-corrected chi connectivity index (χ3v) is 6.60. The molecule has 2 N–H and O–H groups in total. The van der Waals surface area contributed by atoms with Crippen molar-refractivity contribution in [2.24, 2.45) is 0 Å². The maximum absolute atomic E-state index is 12.9. The van der Waals surface area contributed by atoms with Gasteiger partial charge in [0, 0.05) is 12.2 Å². The van der Waals surface area contributed by atoms with Gasteiger partial charge in [-0.25, -0.2) is 9.89 Å². The summed E-state index contributed by atoms with van der Waals surface area (Å²) in [5, 5.41) is 19.6. The van der Waals surface area contributed by atoms with E-state index < -0.39 is 0 Å². The van der Waals surface area contributed by atoms with Crippen LogP contribution in [0, 0.1) is 25.2 Å². The van der Waals surface area contributed by atoms with Crippen LogP contribution in [-0.2, 0) is 17.9 Å². The molecule has 0 spiro atoms. The minimum atomic E-state index is -0.332. The Balaban J connectivity index is 1.51. The van der Waals surface area contributed by atoms with Crippen molar-refractivity contribution >= 4 is 23.5 Å². The highest BCUT2D eigenvalue weighted by molar-refractivity contribution is 7.99. The van der Waals surface area contributed by atoms with Gasteiger partial charge in [0.05, 0.1) is 17.9 Å². The van der Waals surface area contributed by atoms with Crippen LogP contribution in [0.5, 0.6) is 0 Å². The SMILES string of the molecule is Cc1c(C#N)c(NC(=O)CSc2n[nH]c(=O)n2Cc2ccccc2)n(Cc2ccccc2)c1C. The van der Waals surface area contributed by atoms with Crippen LogP contribution in [0.15, 0.2) is 70.6 Å². The highest BCUT2D eigenvalue weighted by atomic mass is 32.2. The first-order chi connectivity index (χ1) is 16.5. The monoisotopic (exact) mass is 472 g/mol. The van der Waals surface area contributed by atoms with Gasteiger partial charge in [-0.3, -0.25) is 9.36 Å². The van der Waals surface area contributed by atoms with Crippen molar-refractivity contribution in [1.82, 2.24) is 19.3 Å². The molecule has 0 saturated carbocycles. The fourth-order valence-corrected chi connectivity index (χ4v) is 4.46. The number of anilines is 1. The molecular weight excluding hydrogens is 448 g/mol. The van der Waals surface area contributed by atoms with Crippen molar-refractivity contribution in [3.05, 3.63) is 99.1 Å². The predicted octanol–water partition coefficient (Wildman–Crippen LogP) is 3.69. The zero-order chi connectivity index (χ0) is 24.1. The highest BCUT2D eigenvalue weighted by Gasteiger charge is 2.20. The number of nitrogens with one attached hydrogen (secondary N) is 2. The molecule has 0 aliphatic rings. The van der Waals surface area contributed by atoms with E-state index in [1.807, 2.05) is 79.1 Å². The molecule has 0 saturated heterocycles. The van der Waals surface area contributed by atoms with Crippen molar-refractivity contribution in [3.8, 4) is 6.07 Å². The number of aromatic amines is 1. The van der Waals surface area contributed by atoms with E-state index >= 15 is 0 Å². The van der Waals surface area contributed by atoms with Crippen LogP contribution in [0.4, 0.5) is 5.82 Å². The third kappa shape index (κ3) is 4.97. The Labute approximate surface area is 201 Å². The first-order valence-electron chi connectivity index (χ1n) is 10.7. The van der Waals surface area contributed by atoms with Gasteiger partial charge in [0.15, 0.2) is 5.16 Å². The second-order valence-electron chi connectivity index (χ2n) is 7.84. The molecule has 0 atom stereocenters. The summed E-state index contributed by atoms with van der Waals surface area (Å²) < 4.78 is 3.45. The average molecular weight is 473 g/mol. The van der Waals surface area contributed by atoms with Crippen molar-refractivity contribution in [2.75, 3.05) is 11.1 Å². The molecule has 4 aromatic rings. The molecule has 9 heteroatoms. The summed E-state index contributed by atoms with van der Waals surface area (Å²) in [5.74, 6) is 0.240. The Morgan fingerprint density at radius 3 is 2.21 bits per heavy atom. The summed E-state index contributed by atoms with van der Waals surface area (Å²) in [6.45, 7) is 4.71. The number of rotatable bonds is 8. The van der Waals surface area contributed by atoms with Gasteiger partial charge in [-0.2, -0.15) is 5.26 Å². The van der Waals surface area contributed by atoms with Crippen LogP contribution < -0.4 is 11.0 Å². The standard InChI is InChI=1S/C25H24N6O2S/c1-17-18(2)30(14-19-9-5-3-6-10-19)23(21(17)13-26)27-22(32)16-34-25-29-28-24(33)31(25)15-20-11-7-4-8-12-20/h3-12H,14-16H2,1-2H3,(H,27,32)(H,28,33). The normalized spacial score (nSPS) is 10.7. The number of aromatic nitrogens is 4. The number of carbonyl (C=O) groups is 1. The maximum atomic E-state index is 12.9. The number of benzene rings is 2. The lowest BCUT2D eigenvalue weighted by Crippen LogP contribution is -2.20. The molecule has 0 fully saturated rings. The Morgan fingerprint density at radius 1 is 1.03 bits per heavy atom. The fraction of sp³-hybridized carbons (Fsp3) is 0.200. The lowest BCUT2D eigenvalue weighted by atomic mass is 10.2. The van der Waals surface area contributed by atoms with E-state index in [0.717, 1.165) is 22.4 Å². The van der Waals surface area contributed by atoms with Gasteiger partial charge in [-0.1, -0.05) is 72.4 Å². The number of hydrogen-bond donors (Lipinski definition) is 2. The molecule has 172 valence electrons. The highest BCUT2D eigenvalue weighted by Crippen LogP contribution is 2.28. The van der Waals surface area contributed by atoms with E-state index in [1.165, 1.54) is 16.3 Å². The Morgan fingerprint density at radius 2 is 1.62 bits per heavy atom. The number of thioether (sulfide) groups is 1. The maximum Gasteiger partial charge on any atom is 0.344 e. The average Bonchev–Trinajstić information content (AvgIpc) is 3.30. The second kappa shape index (κ2) is 10.3. The summed E-state index contributed by atoms with van der Waals surface area (Å²) >= 11 is 1.17. The molecule has 0 aliphatic heterocycles. The summed E-state index contributed by atoms with van der Waals surface area (Å²) in [4.78, 5) is 25.1. The Hall–Kier alpha value is -4.03. The lowest BCUT2D eigenvalue weighted by molar-refractivity contribution is -0.113. The number of hydrogen-bond acceptors (Lipinski definition) is 5. The quantitative estimate of drug-likeness (QED) is 0.380. The molecule has 0 unspecified atom stereocenters. The van der Waals surface area contributed by atoms with Gasteiger partial charge in [-0.05, 0) is 30.5 Å². The summed E-state index contributed by atoms with van der Waals surface area (Å²) in [7, 11) is 0. The van der Waals surface area contributed by atoms with E-state index in [0.29, 0.717) is 29.6 Å². The number of nitrogens with zero attached hydrogens (tertiary/aromatic N) is 4. The van der Waals surface area contributed by atoms with E-state index in [4.69, 9.17) is 0 Å². The smallest absolute Gasteiger partial charge is 0.326 e. The Kier molecular flexibility index (Phi) is 6.99. The van der Waals surface area contributed by atoms with Gasteiger partial charge < -0.3 is 9.88 Å². The molecule has 34 heavy (non-hydrogen) atoms. The molecule has 2 aromatic carbocycles. The summed E-state index contributed by atoms with van der Waals surface area (Å²) in [6, 6.07) is 21.7. The van der Waals surface area contributed by atoms with Gasteiger partial charge >= 0.3 is 5.69 Å². The van der Waals surface area contributed by atoms with Crippen molar-refractivity contribution < 1.29 is 4.79 Å². The van der Waals surface area contributed by atoms with Crippen molar-refractivity contribution in [2.45, 2.75) is 32.1 Å². The van der Waals surface area contributed by atoms with Crippen molar-refractivity contribution in [3.63, 3.8) is 0 Å². The minimum Gasteiger partial charge on any atom is -0.326 e. The number of H-pyrrole nitrogens is 1. The van der Waals surface area contributed by atoms with E-state index in [2.05, 4.69) is 21.6 Å². The second-order valence-corrected chi connectivity index (χ2v) is 8.78. The molecule has 0 radical (unpaired) electrons. The molecule has 8 nitrogen and oxygen atoms in total. The van der Waals surface area contributed by atoms with Crippen LogP contribution in [-0.4, -0.2) is 31.0 Å². The van der Waals surface area contributed by atoms with Gasteiger partial charge in [0.2, 0.25) is 5.91 Å².